The lowest BCUT2D eigenvalue weighted by Crippen LogP contribution is -2.27. The van der Waals surface area contributed by atoms with Crippen molar-refractivity contribution in [1.29, 1.82) is 0 Å². The summed E-state index contributed by atoms with van der Waals surface area (Å²) in [5.74, 6) is 1.35. The highest BCUT2D eigenvalue weighted by Crippen LogP contribution is 2.32. The quantitative estimate of drug-likeness (QED) is 0.597. The molecule has 0 bridgehead atoms. The standard InChI is InChI=1S/C24H28N2O5/c1-6-26-14-19(17-11-21(29-4)22(30-5)12-18(17)24(26)28)23(27)25-13-16-9-8-15(3)10-20(16)31-7-2/h8-12,14H,6-7,13H2,1-5H3,(H,25,27). The highest BCUT2D eigenvalue weighted by Gasteiger charge is 2.18. The van der Waals surface area contributed by atoms with Gasteiger partial charge >= 0.3 is 0 Å². The van der Waals surface area contributed by atoms with Gasteiger partial charge in [0.1, 0.15) is 5.75 Å². The zero-order valence-corrected chi connectivity index (χ0v) is 18.6. The van der Waals surface area contributed by atoms with Crippen LogP contribution in [0.4, 0.5) is 0 Å². The SMILES string of the molecule is CCOc1cc(C)ccc1CNC(=O)c1cn(CC)c(=O)c2cc(OC)c(OC)cc12. The van der Waals surface area contributed by atoms with Gasteiger partial charge in [-0.15, -0.1) is 0 Å². The van der Waals surface area contributed by atoms with Crippen molar-refractivity contribution in [3.05, 3.63) is 63.6 Å². The summed E-state index contributed by atoms with van der Waals surface area (Å²) in [6.45, 7) is 7.05. The van der Waals surface area contributed by atoms with Crippen LogP contribution in [-0.2, 0) is 13.1 Å². The second kappa shape index (κ2) is 9.55. The smallest absolute Gasteiger partial charge is 0.258 e. The summed E-state index contributed by atoms with van der Waals surface area (Å²) in [6.07, 6.45) is 1.59. The van der Waals surface area contributed by atoms with E-state index in [2.05, 4.69) is 5.32 Å². The molecular weight excluding hydrogens is 396 g/mol. The molecule has 31 heavy (non-hydrogen) atoms. The van der Waals surface area contributed by atoms with Crippen LogP contribution in [0, 0.1) is 6.92 Å². The summed E-state index contributed by atoms with van der Waals surface area (Å²) in [6, 6.07) is 9.16. The Morgan fingerprint density at radius 1 is 1.00 bits per heavy atom. The number of carbonyl (C=O) groups is 1. The number of aryl methyl sites for hydroxylation is 2. The van der Waals surface area contributed by atoms with Gasteiger partial charge in [0.05, 0.1) is 31.8 Å². The number of pyridine rings is 1. The molecule has 7 heteroatoms. The summed E-state index contributed by atoms with van der Waals surface area (Å²) in [4.78, 5) is 26.0. The Morgan fingerprint density at radius 2 is 1.68 bits per heavy atom. The number of nitrogens with zero attached hydrogens (tertiary/aromatic N) is 1. The minimum atomic E-state index is -0.289. The van der Waals surface area contributed by atoms with Crippen molar-refractivity contribution in [3.63, 3.8) is 0 Å². The molecular formula is C24H28N2O5. The average Bonchev–Trinajstić information content (AvgIpc) is 2.78. The lowest BCUT2D eigenvalue weighted by molar-refractivity contribution is 0.0951. The maximum atomic E-state index is 13.2. The summed E-state index contributed by atoms with van der Waals surface area (Å²) in [5.41, 5.74) is 2.17. The third kappa shape index (κ3) is 4.50. The summed E-state index contributed by atoms with van der Waals surface area (Å²) >= 11 is 0. The Bertz CT molecular complexity index is 1170. The first-order valence-corrected chi connectivity index (χ1v) is 10.2. The van der Waals surface area contributed by atoms with Gasteiger partial charge in [0, 0.05) is 30.2 Å². The third-order valence-corrected chi connectivity index (χ3v) is 5.14. The number of carbonyl (C=O) groups excluding carboxylic acids is 1. The molecule has 0 atom stereocenters. The van der Waals surface area contributed by atoms with Crippen molar-refractivity contribution in [2.75, 3.05) is 20.8 Å². The van der Waals surface area contributed by atoms with Gasteiger partial charge in [0.2, 0.25) is 0 Å². The molecule has 1 N–H and O–H groups in total. The number of hydrogen-bond acceptors (Lipinski definition) is 5. The molecule has 0 fully saturated rings. The van der Waals surface area contributed by atoms with E-state index in [1.165, 1.54) is 18.8 Å². The van der Waals surface area contributed by atoms with Crippen molar-refractivity contribution in [1.82, 2.24) is 9.88 Å². The van der Waals surface area contributed by atoms with Crippen LogP contribution in [0.3, 0.4) is 0 Å². The lowest BCUT2D eigenvalue weighted by Gasteiger charge is -2.15. The summed E-state index contributed by atoms with van der Waals surface area (Å²) < 4.78 is 17.9. The molecule has 0 aliphatic rings. The molecule has 1 aromatic heterocycles. The van der Waals surface area contributed by atoms with Crippen LogP contribution in [0.1, 0.15) is 35.3 Å². The number of aromatic nitrogens is 1. The molecule has 0 aliphatic heterocycles. The van der Waals surface area contributed by atoms with Gasteiger partial charge in [-0.25, -0.2) is 0 Å². The maximum Gasteiger partial charge on any atom is 0.258 e. The minimum Gasteiger partial charge on any atom is -0.494 e. The van der Waals surface area contributed by atoms with Crippen molar-refractivity contribution in [2.45, 2.75) is 33.9 Å². The van der Waals surface area contributed by atoms with Crippen LogP contribution in [0.15, 0.2) is 41.3 Å². The molecule has 1 amide bonds. The normalized spacial score (nSPS) is 10.7. The molecule has 2 aromatic carbocycles. The van der Waals surface area contributed by atoms with E-state index in [0.717, 1.165) is 16.9 Å². The van der Waals surface area contributed by atoms with Gasteiger partial charge < -0.3 is 24.1 Å². The van der Waals surface area contributed by atoms with E-state index >= 15 is 0 Å². The van der Waals surface area contributed by atoms with E-state index in [1.54, 1.807) is 18.3 Å². The Hall–Kier alpha value is -3.48. The van der Waals surface area contributed by atoms with E-state index in [-0.39, 0.29) is 11.5 Å². The van der Waals surface area contributed by atoms with Gasteiger partial charge in [-0.1, -0.05) is 12.1 Å². The van der Waals surface area contributed by atoms with E-state index in [4.69, 9.17) is 14.2 Å². The third-order valence-electron chi connectivity index (χ3n) is 5.14. The molecule has 3 aromatic rings. The predicted molar refractivity (Wildman–Crippen MR) is 121 cm³/mol. The first-order valence-electron chi connectivity index (χ1n) is 10.2. The molecule has 0 saturated carbocycles. The fourth-order valence-corrected chi connectivity index (χ4v) is 3.50. The van der Waals surface area contributed by atoms with Crippen LogP contribution in [0.5, 0.6) is 17.2 Å². The van der Waals surface area contributed by atoms with E-state index in [9.17, 15) is 9.59 Å². The van der Waals surface area contributed by atoms with Crippen LogP contribution < -0.4 is 25.1 Å². The second-order valence-corrected chi connectivity index (χ2v) is 7.11. The molecule has 3 rings (SSSR count). The number of methoxy groups -OCH3 is 2. The van der Waals surface area contributed by atoms with Gasteiger partial charge in [-0.05, 0) is 44.5 Å². The van der Waals surface area contributed by atoms with Gasteiger partial charge in [0.15, 0.2) is 11.5 Å². The van der Waals surface area contributed by atoms with E-state index < -0.39 is 0 Å². The molecule has 1 heterocycles. The summed E-state index contributed by atoms with van der Waals surface area (Å²) in [5, 5.41) is 3.87. The average molecular weight is 424 g/mol. The van der Waals surface area contributed by atoms with E-state index in [0.29, 0.717) is 47.5 Å². The van der Waals surface area contributed by atoms with Crippen LogP contribution in [-0.4, -0.2) is 31.3 Å². The van der Waals surface area contributed by atoms with Crippen LogP contribution in [0.25, 0.3) is 10.8 Å². The van der Waals surface area contributed by atoms with Crippen molar-refractivity contribution in [2.24, 2.45) is 0 Å². The molecule has 0 spiro atoms. The molecule has 0 radical (unpaired) electrons. The summed E-state index contributed by atoms with van der Waals surface area (Å²) in [7, 11) is 3.03. The predicted octanol–water partition coefficient (Wildman–Crippen LogP) is 3.68. The second-order valence-electron chi connectivity index (χ2n) is 7.11. The zero-order chi connectivity index (χ0) is 22.5. The van der Waals surface area contributed by atoms with Crippen molar-refractivity contribution < 1.29 is 19.0 Å². The van der Waals surface area contributed by atoms with Crippen molar-refractivity contribution >= 4 is 16.7 Å². The molecule has 0 saturated heterocycles. The Balaban J connectivity index is 2.02. The van der Waals surface area contributed by atoms with Crippen LogP contribution in [0.2, 0.25) is 0 Å². The fourth-order valence-electron chi connectivity index (χ4n) is 3.50. The first kappa shape index (κ1) is 22.2. The van der Waals surface area contributed by atoms with E-state index in [1.807, 2.05) is 39.0 Å². The van der Waals surface area contributed by atoms with Crippen LogP contribution >= 0.6 is 0 Å². The molecule has 164 valence electrons. The number of fused-ring (bicyclic) bond motifs is 1. The Labute approximate surface area is 181 Å². The fraction of sp³-hybridized carbons (Fsp3) is 0.333. The van der Waals surface area contributed by atoms with Gasteiger partial charge in [-0.3, -0.25) is 9.59 Å². The van der Waals surface area contributed by atoms with Gasteiger partial charge in [-0.2, -0.15) is 0 Å². The number of ether oxygens (including phenoxy) is 3. The molecule has 0 aliphatic carbocycles. The largest absolute Gasteiger partial charge is 0.494 e. The molecule has 7 nitrogen and oxygen atoms in total. The highest BCUT2D eigenvalue weighted by atomic mass is 16.5. The molecule has 0 unspecified atom stereocenters. The highest BCUT2D eigenvalue weighted by molar-refractivity contribution is 6.07. The lowest BCUT2D eigenvalue weighted by atomic mass is 10.0. The Morgan fingerprint density at radius 3 is 2.29 bits per heavy atom. The zero-order valence-electron chi connectivity index (χ0n) is 18.6. The topological polar surface area (TPSA) is 78.8 Å². The number of hydrogen-bond donors (Lipinski definition) is 1. The number of amides is 1. The van der Waals surface area contributed by atoms with Gasteiger partial charge in [0.25, 0.3) is 11.5 Å². The number of rotatable bonds is 8. The monoisotopic (exact) mass is 424 g/mol. The Kier molecular flexibility index (Phi) is 6.84. The maximum absolute atomic E-state index is 13.2. The first-order chi connectivity index (χ1) is 14.9. The number of nitrogens with one attached hydrogen (secondary N) is 1. The minimum absolute atomic E-state index is 0.188. The van der Waals surface area contributed by atoms with Crippen molar-refractivity contribution in [3.8, 4) is 17.2 Å². The number of benzene rings is 2.